The fourth-order valence-corrected chi connectivity index (χ4v) is 16.5. The first-order valence-electron chi connectivity index (χ1n) is 47.0. The summed E-state index contributed by atoms with van der Waals surface area (Å²) in [4.78, 5) is 66.5. The molecule has 2 heterocycles. The maximum atomic E-state index is 14.9. The highest BCUT2D eigenvalue weighted by Crippen LogP contribution is 2.49. The van der Waals surface area contributed by atoms with Gasteiger partial charge < -0.3 is 88.7 Å². The van der Waals surface area contributed by atoms with Crippen LogP contribution in [0.4, 0.5) is 0 Å². The molecule has 0 aromatic heterocycles. The number of unbranched alkanes of at least 4 members (excludes halogenated alkanes) is 43. The van der Waals surface area contributed by atoms with Crippen LogP contribution in [0.3, 0.4) is 0 Å². The molecule has 3 fully saturated rings. The van der Waals surface area contributed by atoms with Crippen LogP contribution in [0.1, 0.15) is 394 Å². The maximum Gasteiger partial charge on any atom is 0.472 e. The molecule has 0 bridgehead atoms. The molecule has 19 unspecified atom stereocenters. The summed E-state index contributed by atoms with van der Waals surface area (Å²) in [6, 6.07) is 0. The van der Waals surface area contributed by atoms with Crippen molar-refractivity contribution in [1.82, 2.24) is 0 Å². The number of phosphoric acid groups is 1. The lowest BCUT2D eigenvalue weighted by molar-refractivity contribution is -0.360. The van der Waals surface area contributed by atoms with Gasteiger partial charge in [-0.15, -0.1) is 0 Å². The van der Waals surface area contributed by atoms with Crippen molar-refractivity contribution in [2.75, 3.05) is 26.4 Å². The van der Waals surface area contributed by atoms with E-state index in [-0.39, 0.29) is 32.1 Å². The summed E-state index contributed by atoms with van der Waals surface area (Å²) in [5.74, 6) is -2.33. The predicted octanol–water partition coefficient (Wildman–Crippen LogP) is 17.2. The molecule has 0 aromatic carbocycles. The lowest BCUT2D eigenvalue weighted by atomic mass is 9.84. The number of esters is 4. The van der Waals surface area contributed by atoms with Crippen LogP contribution in [0.5, 0.6) is 0 Å². The molecule has 0 radical (unpaired) electrons. The molecule has 3 aliphatic rings. The van der Waals surface area contributed by atoms with Gasteiger partial charge in [0.25, 0.3) is 0 Å². The lowest BCUT2D eigenvalue weighted by Crippen LogP contribution is -2.70. The SMILES string of the molecule is CCCCCCCC/C=C\CCCCCC(=O)OCC1OC(OC2C(OC(=O)CCCCC/C=C\CCCCCCCC)C(O)C(O)C(OC3OC(CO)C(O)C(O)C3O)C2OP(=O)(O)OCC(COC(=O)CCCCCCCCCCCCCCCCCC)OC(=O)CCCCCCCCC(C)CCCCCCCC)C(O)C(O)C1O. The number of ether oxygens (including phenoxy) is 8. The fourth-order valence-electron chi connectivity index (χ4n) is 15.5. The number of aliphatic hydroxyl groups excluding tert-OH is 9. The van der Waals surface area contributed by atoms with E-state index in [1.807, 2.05) is 0 Å². The monoisotopic (exact) mass is 1690 g/mol. The largest absolute Gasteiger partial charge is 0.472 e. The smallest absolute Gasteiger partial charge is 0.463 e. The molecule has 1 saturated carbocycles. The number of carbonyl (C=O) groups is 4. The average molecular weight is 1690 g/mol. The number of allylic oxidation sites excluding steroid dienone is 4. The van der Waals surface area contributed by atoms with E-state index in [1.54, 1.807) is 0 Å². The third-order valence-electron chi connectivity index (χ3n) is 23.1. The van der Waals surface area contributed by atoms with E-state index < -0.39 is 162 Å². The molecule has 0 amide bonds. The van der Waals surface area contributed by atoms with E-state index in [0.717, 1.165) is 116 Å². The van der Waals surface area contributed by atoms with Gasteiger partial charge in [0.1, 0.15) is 92.6 Å². The number of hydrogen-bond donors (Lipinski definition) is 10. The molecule has 1 aliphatic carbocycles. The van der Waals surface area contributed by atoms with Crippen LogP contribution in [-0.4, -0.2) is 205 Å². The molecular weight excluding hydrogens is 1520 g/mol. The van der Waals surface area contributed by atoms with Crippen LogP contribution in [0.15, 0.2) is 24.3 Å². The summed E-state index contributed by atoms with van der Waals surface area (Å²) in [6.07, 6.45) is 27.6. The zero-order chi connectivity index (χ0) is 85.5. The van der Waals surface area contributed by atoms with Gasteiger partial charge in [0.2, 0.25) is 0 Å². The third-order valence-corrected chi connectivity index (χ3v) is 24.1. The van der Waals surface area contributed by atoms with Gasteiger partial charge in [0.15, 0.2) is 24.8 Å². The van der Waals surface area contributed by atoms with Gasteiger partial charge in [0.05, 0.1) is 13.2 Å². The van der Waals surface area contributed by atoms with Crippen molar-refractivity contribution in [3.63, 3.8) is 0 Å². The molecular formula is C91H167O25P. The Kier molecular flexibility index (Phi) is 64.0. The molecule has 26 heteroatoms. The van der Waals surface area contributed by atoms with E-state index >= 15 is 0 Å². The van der Waals surface area contributed by atoms with Crippen molar-refractivity contribution in [3.05, 3.63) is 24.3 Å². The Morgan fingerprint density at radius 1 is 0.359 bits per heavy atom. The zero-order valence-corrected chi connectivity index (χ0v) is 74.1. The summed E-state index contributed by atoms with van der Waals surface area (Å²) in [6.45, 7) is 7.89. The van der Waals surface area contributed by atoms with Gasteiger partial charge >= 0.3 is 31.7 Å². The van der Waals surface area contributed by atoms with Gasteiger partial charge in [0, 0.05) is 25.7 Å². The molecule has 10 N–H and O–H groups in total. The zero-order valence-electron chi connectivity index (χ0n) is 73.2. The summed E-state index contributed by atoms with van der Waals surface area (Å²) in [7, 11) is -5.81. The number of hydrogen-bond acceptors (Lipinski definition) is 24. The first kappa shape index (κ1) is 108. The van der Waals surface area contributed by atoms with Crippen molar-refractivity contribution in [2.45, 2.75) is 498 Å². The van der Waals surface area contributed by atoms with Crippen LogP contribution in [0.2, 0.25) is 0 Å². The van der Waals surface area contributed by atoms with Crippen LogP contribution < -0.4 is 0 Å². The molecule has 686 valence electrons. The predicted molar refractivity (Wildman–Crippen MR) is 453 cm³/mol. The van der Waals surface area contributed by atoms with Crippen molar-refractivity contribution >= 4 is 31.7 Å². The Morgan fingerprint density at radius 3 is 1.11 bits per heavy atom. The van der Waals surface area contributed by atoms with Gasteiger partial charge in [-0.2, -0.15) is 0 Å². The summed E-state index contributed by atoms with van der Waals surface area (Å²) in [5.41, 5.74) is 0. The number of carbonyl (C=O) groups excluding carboxylic acids is 4. The second-order valence-electron chi connectivity index (χ2n) is 33.8. The maximum absolute atomic E-state index is 14.9. The van der Waals surface area contributed by atoms with Gasteiger partial charge in [-0.05, 0) is 83.0 Å². The second-order valence-corrected chi connectivity index (χ2v) is 35.2. The lowest BCUT2D eigenvalue weighted by Gasteiger charge is -2.50. The molecule has 19 atom stereocenters. The Morgan fingerprint density at radius 2 is 0.692 bits per heavy atom. The Labute approximate surface area is 704 Å². The van der Waals surface area contributed by atoms with E-state index in [4.69, 9.17) is 46.9 Å². The van der Waals surface area contributed by atoms with Crippen LogP contribution in [-0.2, 0) is 70.7 Å². The van der Waals surface area contributed by atoms with Crippen molar-refractivity contribution in [3.8, 4) is 0 Å². The standard InChI is InChI=1S/C91H167O25P/c1-6-10-14-18-22-25-28-31-32-33-36-38-40-43-50-56-62-74(93)107-67-71(110-76(95)64-58-53-47-46-49-55-61-70(5)60-54-48-21-17-13-9-4)68-109-117(105,106)116-89-87(114-90-84(103)80(99)78(97)72(66-92)111-90)83(102)82(101)86(113-77(96)65-59-52-45-42-39-35-30-27-24-20-16-12-8-3)88(89)115-91-85(104)81(100)79(98)73(112-91)69-108-75(94)63-57-51-44-41-37-34-29-26-23-19-15-11-7-2/h34-35,37,39,70-73,78-92,97-104H,6-33,36,38,40-69H2,1-5H3,(H,105,106)/b37-34-,39-35-. The molecule has 0 aromatic rings. The first-order valence-corrected chi connectivity index (χ1v) is 48.5. The normalized spacial score (nSPS) is 25.4. The molecule has 117 heavy (non-hydrogen) atoms. The van der Waals surface area contributed by atoms with E-state index in [1.165, 1.54) is 173 Å². The van der Waals surface area contributed by atoms with Crippen LogP contribution in [0.25, 0.3) is 0 Å². The van der Waals surface area contributed by atoms with Crippen LogP contribution in [0, 0.1) is 5.92 Å². The first-order chi connectivity index (χ1) is 56.6. The summed E-state index contributed by atoms with van der Waals surface area (Å²) >= 11 is 0. The topological polar surface area (TPSA) is 380 Å². The van der Waals surface area contributed by atoms with Gasteiger partial charge in [-0.3, -0.25) is 28.2 Å². The van der Waals surface area contributed by atoms with E-state index in [2.05, 4.69) is 58.9 Å². The minimum Gasteiger partial charge on any atom is -0.463 e. The Hall–Kier alpha value is -3.05. The molecule has 25 nitrogen and oxygen atoms in total. The third kappa shape index (κ3) is 49.9. The number of phosphoric ester groups is 1. The summed E-state index contributed by atoms with van der Waals surface area (Å²) in [5, 5.41) is 102. The van der Waals surface area contributed by atoms with Crippen molar-refractivity contribution < 1.29 is 122 Å². The molecule has 2 saturated heterocycles. The highest BCUT2D eigenvalue weighted by atomic mass is 31.2. The quantitative estimate of drug-likeness (QED) is 0.00889. The van der Waals surface area contributed by atoms with Crippen molar-refractivity contribution in [1.29, 1.82) is 0 Å². The van der Waals surface area contributed by atoms with E-state index in [9.17, 15) is 74.6 Å². The molecule has 2 aliphatic heterocycles. The van der Waals surface area contributed by atoms with E-state index in [0.29, 0.717) is 44.4 Å². The molecule has 3 rings (SSSR count). The van der Waals surface area contributed by atoms with Gasteiger partial charge in [-0.25, -0.2) is 4.57 Å². The van der Waals surface area contributed by atoms with Crippen LogP contribution >= 0.6 is 7.82 Å². The fraction of sp³-hybridized carbons (Fsp3) is 0.912. The van der Waals surface area contributed by atoms with Crippen molar-refractivity contribution in [2.24, 2.45) is 5.92 Å². The Bertz CT molecular complexity index is 2550. The van der Waals surface area contributed by atoms with Gasteiger partial charge in [-0.1, -0.05) is 316 Å². The molecule has 0 spiro atoms. The Balaban J connectivity index is 1.93. The highest BCUT2D eigenvalue weighted by Gasteiger charge is 2.60. The number of aliphatic hydroxyl groups is 9. The minimum absolute atomic E-state index is 0.00765. The highest BCUT2D eigenvalue weighted by molar-refractivity contribution is 7.47. The second kappa shape index (κ2) is 69.3. The minimum atomic E-state index is -5.81. The average Bonchev–Trinajstić information content (AvgIpc) is 0.753. The number of rotatable bonds is 75. The summed E-state index contributed by atoms with van der Waals surface area (Å²) < 4.78 is 73.4.